The van der Waals surface area contributed by atoms with E-state index in [1.807, 2.05) is 30.3 Å². The SMILES string of the molecule is N#Cc1ccc(OC[C@H](O)C[NH+]2CC[NH+](CCOc3ccccc3)CC2)cc1. The van der Waals surface area contributed by atoms with Crippen molar-refractivity contribution < 1.29 is 24.4 Å². The monoisotopic (exact) mass is 383 g/mol. The average molecular weight is 383 g/mol. The molecule has 0 radical (unpaired) electrons. The van der Waals surface area contributed by atoms with Crippen molar-refractivity contribution in [3.63, 3.8) is 0 Å². The van der Waals surface area contributed by atoms with Crippen molar-refractivity contribution in [1.29, 1.82) is 5.26 Å². The number of hydrogen-bond donors (Lipinski definition) is 3. The Balaban J connectivity index is 1.29. The van der Waals surface area contributed by atoms with Gasteiger partial charge in [0.15, 0.2) is 0 Å². The Morgan fingerprint density at radius 1 is 0.893 bits per heavy atom. The largest absolute Gasteiger partial charge is 0.491 e. The number of nitrogens with one attached hydrogen (secondary N) is 2. The van der Waals surface area contributed by atoms with Crippen molar-refractivity contribution in [2.75, 3.05) is 52.5 Å². The molecule has 1 fully saturated rings. The number of hydrogen-bond acceptors (Lipinski definition) is 4. The van der Waals surface area contributed by atoms with Crippen LogP contribution in [0.3, 0.4) is 0 Å². The van der Waals surface area contributed by atoms with Crippen LogP contribution in [0.5, 0.6) is 11.5 Å². The lowest BCUT2D eigenvalue weighted by molar-refractivity contribution is -1.01. The predicted molar refractivity (Wildman–Crippen MR) is 106 cm³/mol. The zero-order chi connectivity index (χ0) is 19.6. The summed E-state index contributed by atoms with van der Waals surface area (Å²) in [5.41, 5.74) is 0.604. The summed E-state index contributed by atoms with van der Waals surface area (Å²) in [6.07, 6.45) is -0.492. The minimum Gasteiger partial charge on any atom is -0.491 e. The molecule has 0 amide bonds. The maximum Gasteiger partial charge on any atom is 0.137 e. The number of benzene rings is 2. The zero-order valence-corrected chi connectivity index (χ0v) is 16.1. The van der Waals surface area contributed by atoms with Gasteiger partial charge in [-0.2, -0.15) is 5.26 Å². The first-order chi connectivity index (χ1) is 13.7. The molecule has 6 nitrogen and oxygen atoms in total. The third-order valence-electron chi connectivity index (χ3n) is 5.08. The second-order valence-corrected chi connectivity index (χ2v) is 7.22. The van der Waals surface area contributed by atoms with Gasteiger partial charge in [0, 0.05) is 0 Å². The summed E-state index contributed by atoms with van der Waals surface area (Å²) in [7, 11) is 0. The average Bonchev–Trinajstić information content (AvgIpc) is 2.75. The Kier molecular flexibility index (Phi) is 7.68. The fourth-order valence-corrected chi connectivity index (χ4v) is 3.45. The lowest BCUT2D eigenvalue weighted by atomic mass is 10.2. The lowest BCUT2D eigenvalue weighted by Crippen LogP contribution is -3.28. The van der Waals surface area contributed by atoms with Crippen molar-refractivity contribution in [3.05, 3.63) is 60.2 Å². The molecule has 1 atom stereocenters. The van der Waals surface area contributed by atoms with Crippen LogP contribution in [0.25, 0.3) is 0 Å². The molecule has 1 heterocycles. The molecule has 0 aromatic heterocycles. The summed E-state index contributed by atoms with van der Waals surface area (Å²) in [4.78, 5) is 2.98. The van der Waals surface area contributed by atoms with Gasteiger partial charge in [-0.15, -0.1) is 0 Å². The first-order valence-corrected chi connectivity index (χ1v) is 9.89. The number of aliphatic hydroxyl groups excluding tert-OH is 1. The van der Waals surface area contributed by atoms with Crippen LogP contribution in [-0.2, 0) is 0 Å². The second kappa shape index (κ2) is 10.7. The molecule has 28 heavy (non-hydrogen) atoms. The quantitative estimate of drug-likeness (QED) is 0.528. The third kappa shape index (κ3) is 6.54. The maximum atomic E-state index is 10.3. The van der Waals surface area contributed by atoms with Gasteiger partial charge in [0.05, 0.1) is 11.6 Å². The summed E-state index contributed by atoms with van der Waals surface area (Å²) < 4.78 is 11.4. The highest BCUT2D eigenvalue weighted by Crippen LogP contribution is 2.11. The Morgan fingerprint density at radius 3 is 2.21 bits per heavy atom. The number of aliphatic hydroxyl groups is 1. The Bertz CT molecular complexity index is 738. The topological polar surface area (TPSA) is 71.4 Å². The highest BCUT2D eigenvalue weighted by atomic mass is 16.5. The van der Waals surface area contributed by atoms with E-state index in [1.54, 1.807) is 29.2 Å². The second-order valence-electron chi connectivity index (χ2n) is 7.22. The van der Waals surface area contributed by atoms with Gasteiger partial charge in [0.1, 0.15) is 70.1 Å². The van der Waals surface area contributed by atoms with Crippen LogP contribution < -0.4 is 19.3 Å². The van der Waals surface area contributed by atoms with Gasteiger partial charge in [-0.05, 0) is 36.4 Å². The summed E-state index contributed by atoms with van der Waals surface area (Å²) >= 11 is 0. The molecular weight excluding hydrogens is 354 g/mol. The van der Waals surface area contributed by atoms with Crippen LogP contribution >= 0.6 is 0 Å². The van der Waals surface area contributed by atoms with Gasteiger partial charge in [0.2, 0.25) is 0 Å². The van der Waals surface area contributed by atoms with Gasteiger partial charge in [-0.1, -0.05) is 18.2 Å². The van der Waals surface area contributed by atoms with Gasteiger partial charge >= 0.3 is 0 Å². The normalized spacial score (nSPS) is 20.1. The van der Waals surface area contributed by atoms with Crippen molar-refractivity contribution in [2.24, 2.45) is 0 Å². The molecule has 6 heteroatoms. The summed E-state index contributed by atoms with van der Waals surface area (Å²) in [5.74, 6) is 1.61. The Labute approximate surface area is 166 Å². The minimum atomic E-state index is -0.492. The number of nitriles is 1. The lowest BCUT2D eigenvalue weighted by Gasteiger charge is -2.30. The van der Waals surface area contributed by atoms with E-state index < -0.39 is 6.10 Å². The van der Waals surface area contributed by atoms with Crippen LogP contribution in [0.2, 0.25) is 0 Å². The molecule has 2 aromatic carbocycles. The van der Waals surface area contributed by atoms with Gasteiger partial charge in [-0.3, -0.25) is 0 Å². The zero-order valence-electron chi connectivity index (χ0n) is 16.1. The molecular formula is C22H29N3O3+2. The third-order valence-corrected chi connectivity index (χ3v) is 5.08. The molecule has 0 aliphatic carbocycles. The molecule has 0 saturated carbocycles. The molecule has 148 valence electrons. The van der Waals surface area contributed by atoms with Gasteiger partial charge in [-0.25, -0.2) is 0 Å². The summed E-state index contributed by atoms with van der Waals surface area (Å²) in [6, 6.07) is 19.0. The number of rotatable bonds is 9. The summed E-state index contributed by atoms with van der Waals surface area (Å²) in [5, 5.41) is 19.1. The first kappa shape index (κ1) is 20.2. The smallest absolute Gasteiger partial charge is 0.137 e. The molecule has 1 aliphatic rings. The number of para-hydroxylation sites is 1. The number of quaternary nitrogens is 2. The van der Waals surface area contributed by atoms with E-state index in [0.29, 0.717) is 17.9 Å². The molecule has 3 N–H and O–H groups in total. The van der Waals surface area contributed by atoms with E-state index in [2.05, 4.69) is 6.07 Å². The molecule has 1 saturated heterocycles. The van der Waals surface area contributed by atoms with E-state index in [0.717, 1.165) is 45.1 Å². The van der Waals surface area contributed by atoms with Gasteiger partial charge in [0.25, 0.3) is 0 Å². The predicted octanol–water partition coefficient (Wildman–Crippen LogP) is -0.840. The van der Waals surface area contributed by atoms with Crippen molar-refractivity contribution in [1.82, 2.24) is 0 Å². The molecule has 3 rings (SSSR count). The maximum absolute atomic E-state index is 10.3. The molecule has 0 spiro atoms. The molecule has 2 aromatic rings. The molecule has 0 bridgehead atoms. The van der Waals surface area contributed by atoms with Gasteiger partial charge < -0.3 is 24.4 Å². The fraction of sp³-hybridized carbons (Fsp3) is 0.409. The standard InChI is InChI=1S/C22H27N3O3/c23-16-19-6-8-22(9-7-19)28-18-20(26)17-25-12-10-24(11-13-25)14-15-27-21-4-2-1-3-5-21/h1-9,20,26H,10-15,17-18H2/p+2/t20-/m1/s1. The number of ether oxygens (including phenoxy) is 2. The molecule has 0 unspecified atom stereocenters. The highest BCUT2D eigenvalue weighted by Gasteiger charge is 2.25. The summed E-state index contributed by atoms with van der Waals surface area (Å²) in [6.45, 7) is 7.00. The van der Waals surface area contributed by atoms with Crippen LogP contribution in [0.1, 0.15) is 5.56 Å². The fourth-order valence-electron chi connectivity index (χ4n) is 3.45. The van der Waals surface area contributed by atoms with Crippen LogP contribution in [0, 0.1) is 11.3 Å². The number of nitrogens with zero attached hydrogens (tertiary/aromatic N) is 1. The van der Waals surface area contributed by atoms with E-state index in [-0.39, 0.29) is 6.61 Å². The van der Waals surface area contributed by atoms with Crippen molar-refractivity contribution >= 4 is 0 Å². The van der Waals surface area contributed by atoms with Crippen molar-refractivity contribution in [3.8, 4) is 17.6 Å². The van der Waals surface area contributed by atoms with Crippen LogP contribution in [-0.4, -0.2) is 63.7 Å². The first-order valence-electron chi connectivity index (χ1n) is 9.89. The van der Waals surface area contributed by atoms with E-state index in [9.17, 15) is 5.11 Å². The molecule has 1 aliphatic heterocycles. The van der Waals surface area contributed by atoms with E-state index in [4.69, 9.17) is 14.7 Å². The Hall–Kier alpha value is -2.59. The highest BCUT2D eigenvalue weighted by molar-refractivity contribution is 5.34. The van der Waals surface area contributed by atoms with Crippen LogP contribution in [0.15, 0.2) is 54.6 Å². The van der Waals surface area contributed by atoms with E-state index >= 15 is 0 Å². The van der Waals surface area contributed by atoms with Crippen molar-refractivity contribution in [2.45, 2.75) is 6.10 Å². The number of piperazine rings is 1. The Morgan fingerprint density at radius 2 is 1.54 bits per heavy atom. The van der Waals surface area contributed by atoms with E-state index in [1.165, 1.54) is 4.90 Å². The van der Waals surface area contributed by atoms with Crippen LogP contribution in [0.4, 0.5) is 0 Å². The minimum absolute atomic E-state index is 0.275.